The first kappa shape index (κ1) is 25.8. The highest BCUT2D eigenvalue weighted by atomic mass is 31.2. The maximum atomic E-state index is 8.89. The Morgan fingerprint density at radius 1 is 0.719 bits per heavy atom. The van der Waals surface area contributed by atoms with Gasteiger partial charge in [0.05, 0.1) is 6.16 Å². The summed E-state index contributed by atoms with van der Waals surface area (Å²) in [5.41, 5.74) is 0. The number of rotatable bonds is 10. The molecule has 0 radical (unpaired) electrons. The molecule has 0 atom stereocenters. The highest BCUT2D eigenvalue weighted by molar-refractivity contribution is 7.95. The van der Waals surface area contributed by atoms with Crippen molar-refractivity contribution in [3.8, 4) is 0 Å². The van der Waals surface area contributed by atoms with Crippen LogP contribution in [-0.2, 0) is 4.79 Å². The Balaban J connectivity index is 0.000000837. The van der Waals surface area contributed by atoms with E-state index in [-0.39, 0.29) is 0 Å². The lowest BCUT2D eigenvalue weighted by Crippen LogP contribution is -2.33. The number of benzene rings is 3. The van der Waals surface area contributed by atoms with Gasteiger partial charge < -0.3 is 14.8 Å². The number of aliphatic carboxylic acids is 1. The van der Waals surface area contributed by atoms with E-state index in [0.29, 0.717) is 0 Å². The summed E-state index contributed by atoms with van der Waals surface area (Å²) in [6.45, 7) is 8.99. The second-order valence-electron chi connectivity index (χ2n) is 7.77. The molecule has 0 aliphatic rings. The summed E-state index contributed by atoms with van der Waals surface area (Å²) >= 11 is 0. The maximum absolute atomic E-state index is 8.89. The first-order chi connectivity index (χ1) is 15.5. The van der Waals surface area contributed by atoms with Gasteiger partial charge in [0.25, 0.3) is 0 Å². The van der Waals surface area contributed by atoms with Gasteiger partial charge in [-0.1, -0.05) is 68.4 Å². The van der Waals surface area contributed by atoms with Crippen LogP contribution in [0.5, 0.6) is 0 Å². The van der Waals surface area contributed by atoms with Gasteiger partial charge in [-0.05, 0) is 75.8 Å². The molecule has 0 aliphatic carbocycles. The van der Waals surface area contributed by atoms with Gasteiger partial charge in [0.15, 0.2) is 0 Å². The van der Waals surface area contributed by atoms with Gasteiger partial charge in [0.2, 0.25) is 0 Å². The van der Waals surface area contributed by atoms with Crippen LogP contribution in [0.4, 0.5) is 0 Å². The average molecular weight is 450 g/mol. The monoisotopic (exact) mass is 449 g/mol. The van der Waals surface area contributed by atoms with E-state index in [1.807, 2.05) is 0 Å². The molecule has 0 saturated heterocycles. The van der Waals surface area contributed by atoms with Crippen molar-refractivity contribution in [2.45, 2.75) is 33.6 Å². The molecule has 0 amide bonds. The summed E-state index contributed by atoms with van der Waals surface area (Å²) in [5.74, 6) is -1.08. The van der Waals surface area contributed by atoms with Crippen LogP contribution in [0.25, 0.3) is 0 Å². The summed E-state index contributed by atoms with van der Waals surface area (Å²) in [6, 6.07) is 33.7. The fourth-order valence-electron chi connectivity index (χ4n) is 4.11. The summed E-state index contributed by atoms with van der Waals surface area (Å²) in [6.07, 6.45) is 3.74. The lowest BCUT2D eigenvalue weighted by atomic mass is 10.3. The lowest BCUT2D eigenvalue weighted by Gasteiger charge is -2.28. The number of carbonyl (C=O) groups is 1. The Morgan fingerprint density at radius 3 is 1.38 bits per heavy atom. The van der Waals surface area contributed by atoms with E-state index in [1.54, 1.807) is 0 Å². The van der Waals surface area contributed by atoms with Crippen molar-refractivity contribution in [3.05, 3.63) is 91.0 Å². The molecular weight excluding hydrogens is 413 g/mol. The van der Waals surface area contributed by atoms with Crippen LogP contribution in [0.2, 0.25) is 0 Å². The Hall–Kier alpha value is -2.48. The highest BCUT2D eigenvalue weighted by Gasteiger charge is 2.44. The molecule has 0 bridgehead atoms. The van der Waals surface area contributed by atoms with Crippen molar-refractivity contribution < 1.29 is 9.90 Å². The third kappa shape index (κ3) is 7.29. The van der Waals surface area contributed by atoms with Gasteiger partial charge in [-0.15, -0.1) is 0 Å². The minimum atomic E-state index is -1.65. The minimum absolute atomic E-state index is 0.972. The fourth-order valence-corrected chi connectivity index (χ4v) is 8.52. The zero-order valence-corrected chi connectivity index (χ0v) is 20.5. The Morgan fingerprint density at radius 2 is 1.06 bits per heavy atom. The third-order valence-electron chi connectivity index (χ3n) is 5.70. The number of carboxylic acid groups (broad SMARTS) is 1. The molecule has 170 valence electrons. The molecular formula is C28H36NO2P. The first-order valence-corrected chi connectivity index (χ1v) is 13.5. The predicted molar refractivity (Wildman–Crippen MR) is 138 cm³/mol. The van der Waals surface area contributed by atoms with E-state index in [0.717, 1.165) is 20.0 Å². The van der Waals surface area contributed by atoms with Gasteiger partial charge in [0, 0.05) is 5.97 Å². The van der Waals surface area contributed by atoms with Gasteiger partial charge in [-0.25, -0.2) is 0 Å². The van der Waals surface area contributed by atoms with Crippen LogP contribution < -0.4 is 21.0 Å². The van der Waals surface area contributed by atoms with Gasteiger partial charge in [-0.2, -0.15) is 0 Å². The van der Waals surface area contributed by atoms with Crippen LogP contribution >= 0.6 is 7.26 Å². The smallest absolute Gasteiger partial charge is 0.112 e. The molecule has 3 aromatic carbocycles. The van der Waals surface area contributed by atoms with Crippen LogP contribution in [0.15, 0.2) is 91.0 Å². The van der Waals surface area contributed by atoms with Crippen molar-refractivity contribution in [1.29, 1.82) is 0 Å². The molecule has 4 heteroatoms. The normalized spacial score (nSPS) is 11.0. The molecule has 0 aromatic heterocycles. The highest BCUT2D eigenvalue weighted by Crippen LogP contribution is 2.55. The molecule has 32 heavy (non-hydrogen) atoms. The predicted octanol–water partition coefficient (Wildman–Crippen LogP) is 3.86. The summed E-state index contributed by atoms with van der Waals surface area (Å²) < 4.78 is 0. The number of hydrogen-bond donors (Lipinski definition) is 0. The van der Waals surface area contributed by atoms with Crippen LogP contribution in [0.3, 0.4) is 0 Å². The van der Waals surface area contributed by atoms with Gasteiger partial charge in [-0.3, -0.25) is 0 Å². The zero-order chi connectivity index (χ0) is 23.2. The maximum Gasteiger partial charge on any atom is 0.112 e. The second kappa shape index (κ2) is 13.8. The SMILES string of the molecule is CC(=O)[O-].CCN(CC)CCCC[P+](c1ccccc1)(c1ccccc1)c1ccccc1. The topological polar surface area (TPSA) is 43.4 Å². The van der Waals surface area contributed by atoms with Crippen molar-refractivity contribution >= 4 is 29.1 Å². The molecule has 0 spiro atoms. The zero-order valence-electron chi connectivity index (χ0n) is 19.6. The Kier molecular flexibility index (Phi) is 11.1. The summed E-state index contributed by atoms with van der Waals surface area (Å²) in [7, 11) is -1.65. The standard InChI is InChI=1S/C26H33NP.C2H4O2/c1-3-27(4-2)22-14-15-23-28(24-16-8-5-9-17-24,25-18-10-6-11-19-25)26-20-12-7-13-21-26;1-2(3)4/h5-13,16-21H,3-4,14-15,22-23H2,1-2H3;1H3,(H,3,4)/q+1;/p-1. The summed E-state index contributed by atoms with van der Waals surface area (Å²) in [5, 5.41) is 13.4. The quantitative estimate of drug-likeness (QED) is 0.349. The molecule has 0 heterocycles. The molecule has 3 aromatic rings. The lowest BCUT2D eigenvalue weighted by molar-refractivity contribution is -0.302. The number of carbonyl (C=O) groups excluding carboxylic acids is 1. The molecule has 0 aliphatic heterocycles. The number of carboxylic acids is 1. The van der Waals surface area contributed by atoms with Gasteiger partial charge in [0.1, 0.15) is 23.2 Å². The van der Waals surface area contributed by atoms with E-state index in [1.165, 1.54) is 41.5 Å². The number of unbranched alkanes of at least 4 members (excludes halogenated alkanes) is 1. The van der Waals surface area contributed by atoms with Crippen LogP contribution in [0, 0.1) is 0 Å². The first-order valence-electron chi connectivity index (χ1n) is 11.5. The molecule has 3 rings (SSSR count). The number of nitrogens with zero attached hydrogens (tertiary/aromatic N) is 1. The van der Waals surface area contributed by atoms with E-state index < -0.39 is 13.2 Å². The van der Waals surface area contributed by atoms with Crippen molar-refractivity contribution in [2.75, 3.05) is 25.8 Å². The van der Waals surface area contributed by atoms with Crippen LogP contribution in [-0.4, -0.2) is 36.7 Å². The average Bonchev–Trinajstić information content (AvgIpc) is 2.83. The molecule has 0 saturated carbocycles. The largest absolute Gasteiger partial charge is 0.550 e. The molecule has 3 nitrogen and oxygen atoms in total. The van der Waals surface area contributed by atoms with E-state index in [4.69, 9.17) is 9.90 Å². The van der Waals surface area contributed by atoms with E-state index in [9.17, 15) is 0 Å². The molecule has 0 unspecified atom stereocenters. The van der Waals surface area contributed by atoms with Crippen molar-refractivity contribution in [3.63, 3.8) is 0 Å². The minimum Gasteiger partial charge on any atom is -0.550 e. The Bertz CT molecular complexity index is 796. The number of hydrogen-bond acceptors (Lipinski definition) is 3. The Labute approximate surface area is 194 Å². The van der Waals surface area contributed by atoms with Crippen molar-refractivity contribution in [2.24, 2.45) is 0 Å². The fraction of sp³-hybridized carbons (Fsp3) is 0.321. The second-order valence-corrected chi connectivity index (χ2v) is 11.4. The van der Waals surface area contributed by atoms with E-state index in [2.05, 4.69) is 110 Å². The van der Waals surface area contributed by atoms with Gasteiger partial charge >= 0.3 is 0 Å². The molecule has 0 N–H and O–H groups in total. The molecule has 0 fully saturated rings. The van der Waals surface area contributed by atoms with E-state index >= 15 is 0 Å². The van der Waals surface area contributed by atoms with Crippen LogP contribution in [0.1, 0.15) is 33.6 Å². The van der Waals surface area contributed by atoms with Crippen molar-refractivity contribution in [1.82, 2.24) is 4.90 Å². The summed E-state index contributed by atoms with van der Waals surface area (Å²) in [4.78, 5) is 11.4. The third-order valence-corrected chi connectivity index (χ3v) is 10.2.